The fourth-order valence-corrected chi connectivity index (χ4v) is 24.5. The first kappa shape index (κ1) is 76.3. The van der Waals surface area contributed by atoms with Crippen molar-refractivity contribution in [1.29, 1.82) is 0 Å². The number of hydrogen-bond acceptors (Lipinski definition) is 5. The van der Waals surface area contributed by atoms with Gasteiger partial charge in [-0.15, -0.1) is 11.3 Å². The van der Waals surface area contributed by atoms with E-state index in [0.717, 1.165) is 118 Å². The Morgan fingerprint density at radius 3 is 1.31 bits per heavy atom. The molecule has 131 heavy (non-hydrogen) atoms. The topological polar surface area (TPSA) is 32.8 Å². The quantitative estimate of drug-likeness (QED) is 0.115. The van der Waals surface area contributed by atoms with Crippen LogP contribution in [-0.2, 0) is 21.7 Å². The summed E-state index contributed by atoms with van der Waals surface area (Å²) in [6.45, 7) is 9.65. The van der Waals surface area contributed by atoms with E-state index in [4.69, 9.17) is 8.83 Å². The number of para-hydroxylation sites is 4. The van der Waals surface area contributed by atoms with Gasteiger partial charge in [-0.25, -0.2) is 0 Å². The number of benzene rings is 19. The molecule has 3 heterocycles. The van der Waals surface area contributed by atoms with E-state index in [1.165, 1.54) is 126 Å². The number of fused-ring (bicyclic) bond motifs is 22. The van der Waals surface area contributed by atoms with E-state index in [1.807, 2.05) is 11.3 Å². The standard InChI is InChI=1S/C126H86N2O2S/c1-123(2)102-46-20-23-49-106(102)125(107-50-24-21-47-103(107)123)100-44-18-13-40-95(100)96-71-70-93(78-110(96)125)127(91-66-61-81(62-67-91)121-118(80-32-7-5-8-33-80)98-42-16-27-55-114(98)129-121)92-68-63-82(64-69-92)122-119(99-43-17-28-56-115(99)130-122)89-36-29-35-84(74-89)85-65-72-105-111(75-85)126(108-51-25-22-48-104(108)124(105,3)4)101-45-19-14-41-97(101)120-109(126)52-30-54-113(120)128(90-37-9-6-10-38-90)112-53-26-15-39-94(112)86-58-60-88-77-117(131-116(88)76-86)87-59-57-79-31-11-12-34-83(79)73-87/h5-78H,1-4H3. The molecule has 26 rings (SSSR count). The molecule has 0 radical (unpaired) electrons. The Morgan fingerprint density at radius 2 is 0.649 bits per heavy atom. The van der Waals surface area contributed by atoms with Gasteiger partial charge < -0.3 is 18.6 Å². The van der Waals surface area contributed by atoms with Crippen LogP contribution in [0, 0.1) is 0 Å². The molecule has 0 fully saturated rings. The van der Waals surface area contributed by atoms with E-state index in [1.54, 1.807) is 0 Å². The molecule has 0 aliphatic heterocycles. The predicted octanol–water partition coefficient (Wildman–Crippen LogP) is 34.2. The van der Waals surface area contributed by atoms with Crippen LogP contribution < -0.4 is 9.80 Å². The average molecular weight is 1690 g/mol. The summed E-state index contributed by atoms with van der Waals surface area (Å²) in [5.41, 5.74) is 38.7. The van der Waals surface area contributed by atoms with Crippen LogP contribution in [0.15, 0.2) is 458 Å². The maximum Gasteiger partial charge on any atom is 0.143 e. The number of thiophene rings is 1. The Labute approximate surface area is 766 Å². The highest BCUT2D eigenvalue weighted by Gasteiger charge is 2.56. The highest BCUT2D eigenvalue weighted by molar-refractivity contribution is 7.22. The van der Waals surface area contributed by atoms with Gasteiger partial charge in [0.25, 0.3) is 0 Å². The molecule has 4 aliphatic rings. The van der Waals surface area contributed by atoms with Gasteiger partial charge in [-0.3, -0.25) is 0 Å². The molecule has 22 aromatic rings. The summed E-state index contributed by atoms with van der Waals surface area (Å²) in [6.07, 6.45) is 0. The monoisotopic (exact) mass is 1690 g/mol. The third-order valence-electron chi connectivity index (χ3n) is 29.2. The minimum Gasteiger partial charge on any atom is -0.455 e. The largest absolute Gasteiger partial charge is 0.455 e. The minimum atomic E-state index is -0.729. The predicted molar refractivity (Wildman–Crippen MR) is 545 cm³/mol. The van der Waals surface area contributed by atoms with Crippen LogP contribution in [-0.4, -0.2) is 0 Å². The fourth-order valence-electron chi connectivity index (χ4n) is 23.4. The van der Waals surface area contributed by atoms with Crippen molar-refractivity contribution in [2.45, 2.75) is 49.4 Å². The zero-order valence-electron chi connectivity index (χ0n) is 72.8. The lowest BCUT2D eigenvalue weighted by molar-refractivity contribution is 0.563. The summed E-state index contributed by atoms with van der Waals surface area (Å²) in [6, 6.07) is 168. The molecule has 1 atom stereocenters. The van der Waals surface area contributed by atoms with Crippen LogP contribution in [0.5, 0.6) is 0 Å². The lowest BCUT2D eigenvalue weighted by Gasteiger charge is -2.47. The molecular formula is C126H86N2O2S. The van der Waals surface area contributed by atoms with Gasteiger partial charge in [0.05, 0.1) is 22.2 Å². The second-order valence-electron chi connectivity index (χ2n) is 36.8. The summed E-state index contributed by atoms with van der Waals surface area (Å²) in [5.74, 6) is 1.64. The van der Waals surface area contributed by atoms with Crippen molar-refractivity contribution in [3.05, 3.63) is 516 Å². The fraction of sp³-hybridized carbons (Fsp3) is 0.0635. The Bertz CT molecular complexity index is 8380. The Morgan fingerprint density at radius 1 is 0.214 bits per heavy atom. The van der Waals surface area contributed by atoms with E-state index >= 15 is 0 Å². The first-order chi connectivity index (χ1) is 64.5. The molecule has 0 bridgehead atoms. The summed E-state index contributed by atoms with van der Waals surface area (Å²) < 4.78 is 15.4. The molecule has 1 unspecified atom stereocenters. The van der Waals surface area contributed by atoms with Gasteiger partial charge in [-0.05, 0) is 260 Å². The molecule has 19 aromatic carbocycles. The van der Waals surface area contributed by atoms with Crippen LogP contribution in [0.4, 0.5) is 34.1 Å². The second kappa shape index (κ2) is 29.3. The van der Waals surface area contributed by atoms with E-state index in [0.29, 0.717) is 0 Å². The summed E-state index contributed by atoms with van der Waals surface area (Å²) >= 11 is 1.86. The number of rotatable bonds is 13. The van der Waals surface area contributed by atoms with Crippen molar-refractivity contribution in [3.63, 3.8) is 0 Å². The SMILES string of the molecule is CC1(C)c2ccccc2C2(c3ccccc3-c3ccc(N(c4ccc(-c5oc6ccccc6c5-c5ccccc5)cc4)c4ccc(-c5oc6ccccc6c5-c5cccc(-c6ccc7c(c6)C6(c8ccccc8-c8c(N(c9ccccc9)c9ccccc9-c9ccc%10cc(-c%11ccc%12ccccc%12c%11)sc%10c9)cccc86)c6ccccc6C7(C)C)c5)cc4)cc32)c2ccccc21. The van der Waals surface area contributed by atoms with Crippen LogP contribution in [0.3, 0.4) is 0 Å². The highest BCUT2D eigenvalue weighted by Crippen LogP contribution is 2.67. The lowest BCUT2D eigenvalue weighted by atomic mass is 9.55. The molecule has 618 valence electrons. The van der Waals surface area contributed by atoms with Gasteiger partial charge in [0, 0.05) is 87.3 Å². The Balaban J connectivity index is 0.603. The molecule has 2 spiro atoms. The molecule has 3 aromatic heterocycles. The summed E-state index contributed by atoms with van der Waals surface area (Å²) in [4.78, 5) is 6.23. The lowest BCUT2D eigenvalue weighted by Crippen LogP contribution is -2.40. The second-order valence-corrected chi connectivity index (χ2v) is 37.8. The number of anilines is 6. The van der Waals surface area contributed by atoms with Crippen LogP contribution in [0.1, 0.15) is 94.5 Å². The van der Waals surface area contributed by atoms with Crippen molar-refractivity contribution in [2.24, 2.45) is 0 Å². The number of hydrogen-bond donors (Lipinski definition) is 0. The van der Waals surface area contributed by atoms with E-state index in [9.17, 15) is 0 Å². The molecule has 4 nitrogen and oxygen atoms in total. The smallest absolute Gasteiger partial charge is 0.143 e. The maximum atomic E-state index is 7.28. The Hall–Kier alpha value is -15.9. The number of furan rings is 2. The van der Waals surface area contributed by atoms with E-state index < -0.39 is 10.8 Å². The molecule has 5 heteroatoms. The highest BCUT2D eigenvalue weighted by atomic mass is 32.1. The summed E-state index contributed by atoms with van der Waals surface area (Å²) in [7, 11) is 0. The van der Waals surface area contributed by atoms with Gasteiger partial charge in [-0.1, -0.05) is 349 Å². The van der Waals surface area contributed by atoms with Gasteiger partial charge in [0.1, 0.15) is 22.7 Å². The third-order valence-corrected chi connectivity index (χ3v) is 30.4. The normalized spacial score (nSPS) is 14.8. The van der Waals surface area contributed by atoms with E-state index in [-0.39, 0.29) is 10.8 Å². The zero-order valence-corrected chi connectivity index (χ0v) is 73.7. The number of nitrogens with zero attached hydrogens (tertiary/aromatic N) is 2. The molecule has 0 N–H and O–H groups in total. The van der Waals surface area contributed by atoms with Crippen LogP contribution in [0.2, 0.25) is 0 Å². The molecule has 0 saturated carbocycles. The molecule has 4 aliphatic carbocycles. The maximum absolute atomic E-state index is 7.28. The molecule has 0 saturated heterocycles. The zero-order chi connectivity index (χ0) is 87.0. The molecule has 0 amide bonds. The van der Waals surface area contributed by atoms with E-state index in [2.05, 4.69) is 486 Å². The third kappa shape index (κ3) is 11.4. The van der Waals surface area contributed by atoms with Gasteiger partial charge in [-0.2, -0.15) is 0 Å². The van der Waals surface area contributed by atoms with Gasteiger partial charge >= 0.3 is 0 Å². The summed E-state index contributed by atoms with van der Waals surface area (Å²) in [5, 5.41) is 5.87. The van der Waals surface area contributed by atoms with Crippen molar-refractivity contribution < 1.29 is 8.83 Å². The molecular weight excluding hydrogens is 1610 g/mol. The van der Waals surface area contributed by atoms with Crippen molar-refractivity contribution in [1.82, 2.24) is 0 Å². The van der Waals surface area contributed by atoms with Crippen LogP contribution >= 0.6 is 11.3 Å². The van der Waals surface area contributed by atoms with Crippen LogP contribution in [0.25, 0.3) is 143 Å². The van der Waals surface area contributed by atoms with Crippen molar-refractivity contribution in [2.75, 3.05) is 9.80 Å². The van der Waals surface area contributed by atoms with Gasteiger partial charge in [0.15, 0.2) is 0 Å². The van der Waals surface area contributed by atoms with Crippen molar-refractivity contribution >= 4 is 88.3 Å². The first-order valence-corrected chi connectivity index (χ1v) is 46.4. The van der Waals surface area contributed by atoms with Crippen molar-refractivity contribution in [3.8, 4) is 99.8 Å². The first-order valence-electron chi connectivity index (χ1n) is 45.6. The average Bonchev–Trinajstić information content (AvgIpc) is 1.55. The Kier molecular flexibility index (Phi) is 17.1. The van der Waals surface area contributed by atoms with Gasteiger partial charge in [0.2, 0.25) is 0 Å². The minimum absolute atomic E-state index is 0.244.